The first kappa shape index (κ1) is 23.3. The molecule has 1 fully saturated rings. The number of methoxy groups -OCH3 is 1. The first-order valence-electron chi connectivity index (χ1n) is 11.1. The smallest absolute Gasteiger partial charge is 0.258 e. The maximum absolute atomic E-state index is 13.5. The number of carbonyl (C=O) groups is 2. The van der Waals surface area contributed by atoms with E-state index in [1.165, 1.54) is 23.4 Å². The summed E-state index contributed by atoms with van der Waals surface area (Å²) in [5.41, 5.74) is 3.27. The number of aryl methyl sites for hydroxylation is 1. The van der Waals surface area contributed by atoms with Crippen LogP contribution in [0.4, 0.5) is 5.69 Å². The molecule has 0 atom stereocenters. The fraction of sp³-hybridized carbons (Fsp3) is 0.417. The first-order chi connectivity index (χ1) is 15.7. The molecule has 0 spiro atoms. The number of ether oxygens (including phenoxy) is 1. The summed E-state index contributed by atoms with van der Waals surface area (Å²) in [7, 11) is -2.19. The van der Waals surface area contributed by atoms with Gasteiger partial charge in [0.1, 0.15) is 5.75 Å². The van der Waals surface area contributed by atoms with Crippen molar-refractivity contribution in [2.24, 2.45) is 0 Å². The molecule has 9 heteroatoms. The second-order valence-corrected chi connectivity index (χ2v) is 10.3. The van der Waals surface area contributed by atoms with E-state index in [1.807, 2.05) is 19.1 Å². The van der Waals surface area contributed by atoms with E-state index in [2.05, 4.69) is 0 Å². The monoisotopic (exact) mass is 471 g/mol. The van der Waals surface area contributed by atoms with Gasteiger partial charge < -0.3 is 14.5 Å². The second kappa shape index (κ2) is 9.15. The topological polar surface area (TPSA) is 87.2 Å². The average molecular weight is 472 g/mol. The van der Waals surface area contributed by atoms with Gasteiger partial charge in [-0.25, -0.2) is 8.42 Å². The lowest BCUT2D eigenvalue weighted by Gasteiger charge is -2.33. The van der Waals surface area contributed by atoms with Gasteiger partial charge >= 0.3 is 0 Å². The van der Waals surface area contributed by atoms with Crippen LogP contribution in [-0.4, -0.2) is 69.3 Å². The maximum Gasteiger partial charge on any atom is 0.258 e. The molecule has 1 saturated heterocycles. The molecule has 2 heterocycles. The molecule has 0 radical (unpaired) electrons. The molecule has 0 bridgehead atoms. The van der Waals surface area contributed by atoms with Crippen molar-refractivity contribution < 1.29 is 22.7 Å². The van der Waals surface area contributed by atoms with Gasteiger partial charge in [-0.1, -0.05) is 12.1 Å². The molecular weight excluding hydrogens is 442 g/mol. The molecule has 8 nitrogen and oxygen atoms in total. The molecule has 0 unspecified atom stereocenters. The van der Waals surface area contributed by atoms with Crippen molar-refractivity contribution >= 4 is 27.5 Å². The number of sulfonamides is 1. The molecule has 0 aromatic heterocycles. The minimum absolute atomic E-state index is 0.0629. The van der Waals surface area contributed by atoms with Crippen LogP contribution in [0.2, 0.25) is 0 Å². The van der Waals surface area contributed by atoms with Crippen LogP contribution in [0, 0.1) is 6.92 Å². The number of anilines is 1. The van der Waals surface area contributed by atoms with Crippen LogP contribution in [0.1, 0.15) is 34.8 Å². The maximum atomic E-state index is 13.5. The largest absolute Gasteiger partial charge is 0.495 e. The Labute approximate surface area is 194 Å². The lowest BCUT2D eigenvalue weighted by Crippen LogP contribution is -2.49. The summed E-state index contributed by atoms with van der Waals surface area (Å²) in [4.78, 5) is 28.5. The highest BCUT2D eigenvalue weighted by atomic mass is 32.2. The third-order valence-corrected chi connectivity index (χ3v) is 8.32. The Morgan fingerprint density at radius 1 is 1.00 bits per heavy atom. The summed E-state index contributed by atoms with van der Waals surface area (Å²) in [6, 6.07) is 10.1. The van der Waals surface area contributed by atoms with Gasteiger partial charge in [0.05, 0.1) is 17.7 Å². The number of piperazine rings is 1. The molecule has 0 saturated carbocycles. The Bertz CT molecular complexity index is 1190. The van der Waals surface area contributed by atoms with Gasteiger partial charge in [0.15, 0.2) is 0 Å². The van der Waals surface area contributed by atoms with Crippen LogP contribution in [0.3, 0.4) is 0 Å². The summed E-state index contributed by atoms with van der Waals surface area (Å²) < 4.78 is 33.4. The minimum atomic E-state index is -3.78. The van der Waals surface area contributed by atoms with Gasteiger partial charge in [0.2, 0.25) is 15.9 Å². The summed E-state index contributed by atoms with van der Waals surface area (Å²) >= 11 is 0. The fourth-order valence-corrected chi connectivity index (χ4v) is 6.03. The zero-order chi connectivity index (χ0) is 23.8. The Kier molecular flexibility index (Phi) is 6.45. The van der Waals surface area contributed by atoms with E-state index in [4.69, 9.17) is 4.74 Å². The fourth-order valence-electron chi connectivity index (χ4n) is 4.56. The quantitative estimate of drug-likeness (QED) is 0.684. The number of hydrogen-bond acceptors (Lipinski definition) is 5. The second-order valence-electron chi connectivity index (χ2n) is 8.41. The normalized spacial score (nSPS) is 16.9. The molecular formula is C24H29N3O5S. The lowest BCUT2D eigenvalue weighted by atomic mass is 9.95. The summed E-state index contributed by atoms with van der Waals surface area (Å²) in [5.74, 6) is 0.321. The van der Waals surface area contributed by atoms with Crippen molar-refractivity contribution in [3.63, 3.8) is 0 Å². The number of nitrogens with zero attached hydrogens (tertiary/aromatic N) is 3. The molecule has 2 aromatic rings. The number of rotatable bonds is 4. The Morgan fingerprint density at radius 3 is 2.39 bits per heavy atom. The Hall–Kier alpha value is -2.91. The zero-order valence-electron chi connectivity index (χ0n) is 19.2. The molecule has 2 aromatic carbocycles. The van der Waals surface area contributed by atoms with Crippen LogP contribution in [-0.2, 0) is 21.2 Å². The first-order valence-corrected chi connectivity index (χ1v) is 12.5. The van der Waals surface area contributed by atoms with Crippen LogP contribution in [0.15, 0.2) is 41.3 Å². The van der Waals surface area contributed by atoms with E-state index in [9.17, 15) is 18.0 Å². The Morgan fingerprint density at radius 2 is 1.73 bits per heavy atom. The van der Waals surface area contributed by atoms with E-state index in [1.54, 1.807) is 29.0 Å². The van der Waals surface area contributed by atoms with Gasteiger partial charge in [-0.05, 0) is 55.2 Å². The van der Waals surface area contributed by atoms with Crippen molar-refractivity contribution in [2.75, 3.05) is 44.7 Å². The predicted molar refractivity (Wildman–Crippen MR) is 125 cm³/mol. The summed E-state index contributed by atoms with van der Waals surface area (Å²) in [6.45, 7) is 5.22. The number of benzene rings is 2. The molecule has 176 valence electrons. The molecule has 33 heavy (non-hydrogen) atoms. The minimum Gasteiger partial charge on any atom is -0.495 e. The highest BCUT2D eigenvalue weighted by Crippen LogP contribution is 2.39. The SMILES string of the molecule is COc1ccc(C)c2c1N(C(=O)c1cccc(S(=O)(=O)N3CCN(C(C)=O)CC3)c1)CCC2. The highest BCUT2D eigenvalue weighted by Gasteiger charge is 2.31. The molecule has 2 aliphatic rings. The van der Waals surface area contributed by atoms with Gasteiger partial charge in [0.25, 0.3) is 5.91 Å². The van der Waals surface area contributed by atoms with Crippen LogP contribution >= 0.6 is 0 Å². The van der Waals surface area contributed by atoms with Crippen molar-refractivity contribution in [1.29, 1.82) is 0 Å². The number of hydrogen-bond donors (Lipinski definition) is 0. The standard InChI is InChI=1S/C24H29N3O5S/c1-17-9-10-22(32-3)23-21(17)8-5-11-27(23)24(29)19-6-4-7-20(16-19)33(30,31)26-14-12-25(13-15-26)18(2)28/h4,6-7,9-10,16H,5,8,11-15H2,1-3H3. The van der Waals surface area contributed by atoms with Gasteiger partial charge in [-0.3, -0.25) is 9.59 Å². The molecule has 4 rings (SSSR count). The van der Waals surface area contributed by atoms with E-state index < -0.39 is 10.0 Å². The lowest BCUT2D eigenvalue weighted by molar-refractivity contribution is -0.129. The number of amides is 2. The summed E-state index contributed by atoms with van der Waals surface area (Å²) in [5, 5.41) is 0. The predicted octanol–water partition coefficient (Wildman–Crippen LogP) is 2.45. The van der Waals surface area contributed by atoms with E-state index in [0.29, 0.717) is 30.9 Å². The van der Waals surface area contributed by atoms with Crippen molar-refractivity contribution in [1.82, 2.24) is 9.21 Å². The van der Waals surface area contributed by atoms with Crippen molar-refractivity contribution in [3.05, 3.63) is 53.1 Å². The molecule has 2 amide bonds. The van der Waals surface area contributed by atoms with Crippen LogP contribution in [0.25, 0.3) is 0 Å². The van der Waals surface area contributed by atoms with Crippen molar-refractivity contribution in [2.45, 2.75) is 31.6 Å². The van der Waals surface area contributed by atoms with Crippen molar-refractivity contribution in [3.8, 4) is 5.75 Å². The van der Waals surface area contributed by atoms with Gasteiger partial charge in [-0.2, -0.15) is 4.31 Å². The zero-order valence-corrected chi connectivity index (χ0v) is 20.0. The van der Waals surface area contributed by atoms with E-state index in [0.717, 1.165) is 29.7 Å². The number of fused-ring (bicyclic) bond motifs is 1. The third kappa shape index (κ3) is 4.35. The molecule has 2 aliphatic heterocycles. The molecule has 0 N–H and O–H groups in total. The Balaban J connectivity index is 1.63. The van der Waals surface area contributed by atoms with Crippen LogP contribution < -0.4 is 9.64 Å². The molecule has 0 aliphatic carbocycles. The van der Waals surface area contributed by atoms with E-state index in [-0.39, 0.29) is 29.8 Å². The summed E-state index contributed by atoms with van der Waals surface area (Å²) in [6.07, 6.45) is 1.69. The highest BCUT2D eigenvalue weighted by molar-refractivity contribution is 7.89. The third-order valence-electron chi connectivity index (χ3n) is 6.43. The average Bonchev–Trinajstić information content (AvgIpc) is 2.84. The number of carbonyl (C=O) groups excluding carboxylic acids is 2. The van der Waals surface area contributed by atoms with E-state index >= 15 is 0 Å². The van der Waals surface area contributed by atoms with Crippen LogP contribution in [0.5, 0.6) is 5.75 Å². The van der Waals surface area contributed by atoms with Gasteiger partial charge in [0, 0.05) is 45.2 Å². The van der Waals surface area contributed by atoms with Gasteiger partial charge in [-0.15, -0.1) is 0 Å².